The maximum atomic E-state index is 14.4. The molecule has 0 N–H and O–H groups in total. The summed E-state index contributed by atoms with van der Waals surface area (Å²) in [6, 6.07) is 22.1. The van der Waals surface area contributed by atoms with Gasteiger partial charge in [-0.05, 0) is 135 Å². The zero-order valence-electron chi connectivity index (χ0n) is 40.9. The Hall–Kier alpha value is -6.04. The van der Waals surface area contributed by atoms with Crippen LogP contribution in [0.25, 0.3) is 11.4 Å². The minimum absolute atomic E-state index is 0.138. The van der Waals surface area contributed by atoms with Crippen molar-refractivity contribution in [2.24, 2.45) is 0 Å². The molecule has 1 aliphatic rings. The molecule has 6 nitrogen and oxygen atoms in total. The van der Waals surface area contributed by atoms with Gasteiger partial charge in [-0.1, -0.05) is 83.9 Å². The van der Waals surface area contributed by atoms with Gasteiger partial charge in [0, 0.05) is 14.2 Å². The van der Waals surface area contributed by atoms with Gasteiger partial charge in [-0.25, -0.2) is 0 Å². The van der Waals surface area contributed by atoms with E-state index in [-0.39, 0.29) is 27.8 Å². The standard InChI is InChI=1S/C55H48F12N2O4P/c1-31-27-33(3)45(34(4)28-31)68-25-26-69(46-35(5)29-32(2)30-36(46)6)49(68)74-72-50(37-9-17-41(18-10-37)52(56,57)58,38-11-19-42(20-12-38)53(59,60)61)47(70-7)48(71-8)51(73-74,39-13-21-43(22-14-39)54(62,63)64)40-15-23-44(24-16-40)55(65,66)67/h9-30,47-48H,1-8H3/q+1/t47-,48-/m1/s1. The number of halogens is 12. The van der Waals surface area contributed by atoms with Crippen molar-refractivity contribution in [2.45, 2.75) is 89.7 Å². The first-order valence-corrected chi connectivity index (χ1v) is 24.0. The molecule has 0 saturated carbocycles. The second-order valence-electron chi connectivity index (χ2n) is 18.4. The highest BCUT2D eigenvalue weighted by Gasteiger charge is 2.64. The molecule has 2 heterocycles. The first-order valence-electron chi connectivity index (χ1n) is 22.8. The highest BCUT2D eigenvalue weighted by Crippen LogP contribution is 2.62. The number of rotatable bonds is 9. The van der Waals surface area contributed by atoms with Crippen LogP contribution in [0, 0.1) is 41.5 Å². The molecule has 7 aromatic rings. The topological polar surface area (TPSA) is 45.7 Å². The maximum Gasteiger partial charge on any atom is 0.416 e. The monoisotopic (exact) mass is 1060 g/mol. The van der Waals surface area contributed by atoms with Crippen molar-refractivity contribution in [3.8, 4) is 11.4 Å². The fourth-order valence-electron chi connectivity index (χ4n) is 10.3. The van der Waals surface area contributed by atoms with Gasteiger partial charge >= 0.3 is 30.3 Å². The fraction of sp³-hybridized carbons (Fsp3) is 0.291. The van der Waals surface area contributed by atoms with Crippen LogP contribution in [-0.2, 0) is 54.4 Å². The minimum Gasteiger partial charge on any atom is -0.375 e. The number of imidazole rings is 1. The van der Waals surface area contributed by atoms with Crippen molar-refractivity contribution in [2.75, 3.05) is 14.2 Å². The zero-order chi connectivity index (χ0) is 54.1. The van der Waals surface area contributed by atoms with Crippen molar-refractivity contribution in [1.82, 2.24) is 4.57 Å². The van der Waals surface area contributed by atoms with E-state index in [1.165, 1.54) is 0 Å². The highest BCUT2D eigenvalue weighted by molar-refractivity contribution is 7.55. The number of ether oxygens (including phenoxy) is 2. The summed E-state index contributed by atoms with van der Waals surface area (Å²) in [6.07, 6.45) is -19.7. The SMILES string of the molecule is CO[C@@H]1[C@@H](OC)C(c2ccc(C(F)(F)F)cc2)(c2ccc(C(F)(F)F)cc2)OP(c2n(-c3c(C)cc(C)cc3C)cc[n+]2-c2c(C)cc(C)cc2C)OC1(c1ccc(C(F)(F)F)cc1)c1ccc(C(F)(F)F)cc1. The molecular formula is C55H48F12N2O4P+. The number of benzene rings is 6. The Bertz CT molecular complexity index is 2790. The summed E-state index contributed by atoms with van der Waals surface area (Å²) in [4.78, 5) is 0. The van der Waals surface area contributed by atoms with Crippen molar-refractivity contribution in [3.05, 3.63) is 212 Å². The van der Waals surface area contributed by atoms with E-state index >= 15 is 0 Å². The quantitative estimate of drug-likeness (QED) is 0.0821. The molecule has 1 saturated heterocycles. The molecule has 2 atom stereocenters. The van der Waals surface area contributed by atoms with Gasteiger partial charge in [0.25, 0.3) is 8.38 Å². The number of aromatic nitrogens is 2. The highest BCUT2D eigenvalue weighted by atomic mass is 31.2. The summed E-state index contributed by atoms with van der Waals surface area (Å²) in [5.41, 5.74) is -3.83. The first kappa shape index (κ1) is 54.2. The predicted octanol–water partition coefficient (Wildman–Crippen LogP) is 14.6. The molecule has 8 rings (SSSR count). The second kappa shape index (κ2) is 19.6. The lowest BCUT2D eigenvalue weighted by Crippen LogP contribution is -2.56. The van der Waals surface area contributed by atoms with E-state index in [2.05, 4.69) is 0 Å². The molecular weight excluding hydrogens is 1010 g/mol. The number of alkyl halides is 12. The number of hydrogen-bond acceptors (Lipinski definition) is 4. The van der Waals surface area contributed by atoms with Gasteiger partial charge in [0.1, 0.15) is 36.0 Å². The molecule has 1 aliphatic heterocycles. The van der Waals surface area contributed by atoms with Gasteiger partial charge in [-0.3, -0.25) is 0 Å². The Morgan fingerprint density at radius 2 is 0.743 bits per heavy atom. The van der Waals surface area contributed by atoms with Gasteiger partial charge in [0.15, 0.2) is 11.2 Å². The number of nitrogens with zero attached hydrogens (tertiary/aromatic N) is 2. The van der Waals surface area contributed by atoms with E-state index in [1.54, 1.807) is 21.5 Å². The van der Waals surface area contributed by atoms with E-state index in [4.69, 9.17) is 18.5 Å². The Kier molecular flexibility index (Phi) is 14.4. The van der Waals surface area contributed by atoms with Crippen molar-refractivity contribution >= 4 is 13.9 Å². The predicted molar refractivity (Wildman–Crippen MR) is 253 cm³/mol. The number of methoxy groups -OCH3 is 2. The van der Waals surface area contributed by atoms with Crippen LogP contribution in [0.15, 0.2) is 134 Å². The summed E-state index contributed by atoms with van der Waals surface area (Å²) < 4.78 is 205. The van der Waals surface area contributed by atoms with Gasteiger partial charge in [-0.15, -0.1) is 0 Å². The van der Waals surface area contributed by atoms with Crippen molar-refractivity contribution < 1.29 is 75.8 Å². The molecule has 74 heavy (non-hydrogen) atoms. The third-order valence-corrected chi connectivity index (χ3v) is 15.0. The van der Waals surface area contributed by atoms with Crippen LogP contribution in [0.5, 0.6) is 0 Å². The second-order valence-corrected chi connectivity index (χ2v) is 19.6. The van der Waals surface area contributed by atoms with E-state index in [0.717, 1.165) is 145 Å². The normalized spacial score (nSPS) is 17.6. The number of hydrogen-bond donors (Lipinski definition) is 0. The van der Waals surface area contributed by atoms with Crippen molar-refractivity contribution in [1.29, 1.82) is 0 Å². The van der Waals surface area contributed by atoms with Gasteiger partial charge in [0.2, 0.25) is 0 Å². The third-order valence-electron chi connectivity index (χ3n) is 13.3. The summed E-state index contributed by atoms with van der Waals surface area (Å²) in [6.45, 7) is 11.2. The lowest BCUT2D eigenvalue weighted by Gasteiger charge is -2.45. The molecule has 6 aromatic carbocycles. The largest absolute Gasteiger partial charge is 0.416 e. The lowest BCUT2D eigenvalue weighted by atomic mass is 9.71. The maximum absolute atomic E-state index is 14.4. The summed E-state index contributed by atoms with van der Waals surface area (Å²) in [5.74, 6) is 0. The fourth-order valence-corrected chi connectivity index (χ4v) is 12.4. The molecule has 390 valence electrons. The molecule has 0 radical (unpaired) electrons. The Morgan fingerprint density at radius 1 is 0.459 bits per heavy atom. The van der Waals surface area contributed by atoms with Crippen LogP contribution in [0.1, 0.15) is 77.9 Å². The molecule has 0 aliphatic carbocycles. The van der Waals surface area contributed by atoms with Crippen LogP contribution >= 0.6 is 8.38 Å². The van der Waals surface area contributed by atoms with Gasteiger partial charge in [0.05, 0.1) is 22.3 Å². The molecule has 19 heteroatoms. The van der Waals surface area contributed by atoms with Crippen LogP contribution in [0.4, 0.5) is 52.7 Å². The summed E-state index contributed by atoms with van der Waals surface area (Å²) in [5, 5.41) is 0. The van der Waals surface area contributed by atoms with Crippen LogP contribution in [0.3, 0.4) is 0 Å². The molecule has 0 spiro atoms. The zero-order valence-corrected chi connectivity index (χ0v) is 41.8. The average molecular weight is 1060 g/mol. The van der Waals surface area contributed by atoms with E-state index in [9.17, 15) is 52.7 Å². The Balaban J connectivity index is 1.61. The van der Waals surface area contributed by atoms with Crippen molar-refractivity contribution in [3.63, 3.8) is 0 Å². The number of aryl methyl sites for hydroxylation is 6. The Labute approximate surface area is 420 Å². The van der Waals surface area contributed by atoms with Gasteiger partial charge < -0.3 is 18.5 Å². The van der Waals surface area contributed by atoms with E-state index < -0.39 is 78.7 Å². The molecule has 0 bridgehead atoms. The molecule has 1 fully saturated rings. The van der Waals surface area contributed by atoms with E-state index in [1.807, 2.05) is 65.8 Å². The molecule has 0 amide bonds. The molecule has 1 aromatic heterocycles. The Morgan fingerprint density at radius 3 is 1.01 bits per heavy atom. The molecule has 0 unspecified atom stereocenters. The lowest BCUT2D eigenvalue weighted by molar-refractivity contribution is -0.576. The van der Waals surface area contributed by atoms with Crippen LogP contribution < -0.4 is 10.1 Å². The first-order chi connectivity index (χ1) is 34.6. The average Bonchev–Trinajstić information content (AvgIpc) is 3.67. The minimum atomic E-state index is -4.88. The summed E-state index contributed by atoms with van der Waals surface area (Å²) in [7, 11) is -0.780. The van der Waals surface area contributed by atoms with Crippen LogP contribution in [0.2, 0.25) is 0 Å². The van der Waals surface area contributed by atoms with E-state index in [0.29, 0.717) is 11.4 Å². The third kappa shape index (κ3) is 9.75. The summed E-state index contributed by atoms with van der Waals surface area (Å²) >= 11 is 0. The van der Waals surface area contributed by atoms with Crippen LogP contribution in [-0.4, -0.2) is 31.0 Å². The smallest absolute Gasteiger partial charge is 0.375 e. The van der Waals surface area contributed by atoms with Gasteiger partial charge in [-0.2, -0.15) is 61.8 Å².